The Morgan fingerprint density at radius 3 is 2.19 bits per heavy atom. The second-order valence-corrected chi connectivity index (χ2v) is 18.0. The number of allylic oxidation sites excluding steroid dienone is 2. The third kappa shape index (κ3) is 4.74. The van der Waals surface area contributed by atoms with Gasteiger partial charge in [-0.05, 0) is 90.8 Å². The molecule has 1 saturated heterocycles. The molecule has 1 heterocycles. The Labute approximate surface area is 278 Å². The van der Waals surface area contributed by atoms with Crippen molar-refractivity contribution >= 4 is 5.97 Å². The van der Waals surface area contributed by atoms with Crippen molar-refractivity contribution in [3.63, 3.8) is 0 Å². The molecule has 0 unspecified atom stereocenters. The van der Waals surface area contributed by atoms with E-state index >= 15 is 0 Å². The second kappa shape index (κ2) is 11.4. The van der Waals surface area contributed by atoms with Gasteiger partial charge >= 0.3 is 5.97 Å². The normalized spacial score (nSPS) is 55.5. The summed E-state index contributed by atoms with van der Waals surface area (Å²) in [5.74, 6) is -1.24. The van der Waals surface area contributed by atoms with Gasteiger partial charge < -0.3 is 50.3 Å². The van der Waals surface area contributed by atoms with E-state index in [2.05, 4.69) is 40.7 Å². The van der Waals surface area contributed by atoms with Crippen LogP contribution in [-0.2, 0) is 14.3 Å². The predicted molar refractivity (Wildman–Crippen MR) is 170 cm³/mol. The smallest absolute Gasteiger partial charge is 0.312 e. The highest BCUT2D eigenvalue weighted by molar-refractivity contribution is 5.77. The van der Waals surface area contributed by atoms with Crippen LogP contribution in [0.15, 0.2) is 11.6 Å². The SMILES string of the molecule is CC1(C)CC[C@]2(C(=O)O)[C@H](O)C[C@]3(C)C(=CC[C@@H]4[C@@]5(C)C[C@H](O)[C@H](O[C@@H]6O[C@H](CO)[C@@H](O)[C@H](O)[C@H]6O)[C@@](C)(CO)[C@@H]5CC[C@]43C)[C@@H]2C1. The van der Waals surface area contributed by atoms with Gasteiger partial charge in [-0.25, -0.2) is 0 Å². The summed E-state index contributed by atoms with van der Waals surface area (Å²) in [7, 11) is 0. The average molecular weight is 667 g/mol. The highest BCUT2D eigenvalue weighted by Crippen LogP contribution is 2.76. The lowest BCUT2D eigenvalue weighted by molar-refractivity contribution is -0.345. The first-order chi connectivity index (χ1) is 21.8. The number of rotatable bonds is 5. The topological polar surface area (TPSA) is 197 Å². The molecule has 4 saturated carbocycles. The highest BCUT2D eigenvalue weighted by Gasteiger charge is 2.72. The van der Waals surface area contributed by atoms with Crippen molar-refractivity contribution in [1.29, 1.82) is 0 Å². The minimum absolute atomic E-state index is 0.0454. The summed E-state index contributed by atoms with van der Waals surface area (Å²) in [4.78, 5) is 13.0. The summed E-state index contributed by atoms with van der Waals surface area (Å²) in [5, 5.41) is 86.5. The quantitative estimate of drug-likeness (QED) is 0.158. The monoisotopic (exact) mass is 666 g/mol. The van der Waals surface area contributed by atoms with Crippen LogP contribution in [0.2, 0.25) is 0 Å². The van der Waals surface area contributed by atoms with E-state index in [1.807, 2.05) is 6.92 Å². The Bertz CT molecular complexity index is 1270. The van der Waals surface area contributed by atoms with Crippen molar-refractivity contribution < 1.29 is 55.1 Å². The molecule has 8 N–H and O–H groups in total. The molecule has 0 radical (unpaired) electrons. The number of ether oxygens (including phenoxy) is 2. The first-order valence-electron chi connectivity index (χ1n) is 17.6. The summed E-state index contributed by atoms with van der Waals surface area (Å²) >= 11 is 0. The van der Waals surface area contributed by atoms with Crippen LogP contribution in [0.25, 0.3) is 0 Å². The Morgan fingerprint density at radius 1 is 0.894 bits per heavy atom. The number of aliphatic hydroxyl groups excluding tert-OH is 7. The lowest BCUT2D eigenvalue weighted by atomic mass is 9.33. The minimum atomic E-state index is -1.63. The van der Waals surface area contributed by atoms with Crippen molar-refractivity contribution in [1.82, 2.24) is 0 Å². The van der Waals surface area contributed by atoms with Crippen LogP contribution in [-0.4, -0.2) is 109 Å². The molecule has 0 amide bonds. The fourth-order valence-corrected chi connectivity index (χ4v) is 12.4. The van der Waals surface area contributed by atoms with E-state index in [-0.39, 0.29) is 35.2 Å². The molecule has 11 heteroatoms. The van der Waals surface area contributed by atoms with Crippen LogP contribution in [0, 0.1) is 50.2 Å². The number of aliphatic carboxylic acids is 1. The Balaban J connectivity index is 1.36. The standard InChI is InChI=1S/C36H58O11/c1-31(2)11-12-36(30(44)45)19(13-31)18-7-8-23-32(3)14-20(39)28(47-29-27(43)26(42)25(41)21(16-37)46-29)33(4,17-38)22(32)9-10-34(23,5)35(18,6)15-24(36)40/h7,19-29,37-43H,8-17H2,1-6H3,(H,44,45)/t19-,20-,21+,22+,23+,24+,25+,26-,27+,28-,29-,32-,33-,34+,35+,36+/m0/s1. The third-order valence-corrected chi connectivity index (χ3v) is 15.3. The van der Waals surface area contributed by atoms with Gasteiger partial charge in [0.05, 0.1) is 31.5 Å². The molecule has 0 aromatic heterocycles. The first-order valence-corrected chi connectivity index (χ1v) is 17.6. The maximum atomic E-state index is 13.0. The number of carboxylic acids is 1. The number of hydrogen-bond acceptors (Lipinski definition) is 10. The Hall–Kier alpha value is -1.15. The van der Waals surface area contributed by atoms with Gasteiger partial charge in [0.25, 0.3) is 0 Å². The molecule has 11 nitrogen and oxygen atoms in total. The first kappa shape index (κ1) is 35.7. The molecule has 5 fully saturated rings. The number of hydrogen-bond donors (Lipinski definition) is 8. The van der Waals surface area contributed by atoms with Crippen molar-refractivity contribution in [2.45, 2.75) is 142 Å². The lowest BCUT2D eigenvalue weighted by Crippen LogP contribution is -2.70. The fraction of sp³-hybridized carbons (Fsp3) is 0.917. The molecule has 1 aliphatic heterocycles. The molecule has 47 heavy (non-hydrogen) atoms. The summed E-state index contributed by atoms with van der Waals surface area (Å²) in [6.07, 6.45) is -3.39. The van der Waals surface area contributed by atoms with Crippen LogP contribution in [0.1, 0.15) is 92.9 Å². The fourth-order valence-electron chi connectivity index (χ4n) is 12.4. The van der Waals surface area contributed by atoms with Gasteiger partial charge in [-0.1, -0.05) is 53.2 Å². The number of aliphatic hydroxyl groups is 7. The summed E-state index contributed by atoms with van der Waals surface area (Å²) < 4.78 is 11.9. The van der Waals surface area contributed by atoms with Gasteiger partial charge in [0.1, 0.15) is 29.8 Å². The summed E-state index contributed by atoms with van der Waals surface area (Å²) in [6.45, 7) is 12.1. The largest absolute Gasteiger partial charge is 0.481 e. The minimum Gasteiger partial charge on any atom is -0.481 e. The molecule has 5 aliphatic carbocycles. The molecule has 6 rings (SSSR count). The summed E-state index contributed by atoms with van der Waals surface area (Å²) in [5.41, 5.74) is -2.31. The van der Waals surface area contributed by atoms with E-state index in [0.29, 0.717) is 38.5 Å². The molecule has 0 spiro atoms. The summed E-state index contributed by atoms with van der Waals surface area (Å²) in [6, 6.07) is 0. The van der Waals surface area contributed by atoms with E-state index < -0.39 is 83.3 Å². The van der Waals surface area contributed by atoms with Crippen molar-refractivity contribution in [3.05, 3.63) is 11.6 Å². The van der Waals surface area contributed by atoms with Crippen molar-refractivity contribution in [2.75, 3.05) is 13.2 Å². The highest BCUT2D eigenvalue weighted by atomic mass is 16.7. The van der Waals surface area contributed by atoms with Crippen LogP contribution in [0.5, 0.6) is 0 Å². The van der Waals surface area contributed by atoms with Crippen LogP contribution >= 0.6 is 0 Å². The van der Waals surface area contributed by atoms with Gasteiger partial charge in [0.2, 0.25) is 0 Å². The van der Waals surface area contributed by atoms with Gasteiger partial charge in [-0.2, -0.15) is 0 Å². The third-order valence-electron chi connectivity index (χ3n) is 15.3. The predicted octanol–water partition coefficient (Wildman–Crippen LogP) is 1.97. The van der Waals surface area contributed by atoms with Gasteiger partial charge in [-0.3, -0.25) is 4.79 Å². The van der Waals surface area contributed by atoms with E-state index in [1.165, 1.54) is 5.57 Å². The van der Waals surface area contributed by atoms with Crippen LogP contribution in [0.3, 0.4) is 0 Å². The molecule has 6 aliphatic rings. The zero-order chi connectivity index (χ0) is 34.7. The van der Waals surface area contributed by atoms with E-state index in [9.17, 15) is 45.6 Å². The molecule has 16 atom stereocenters. The molecule has 0 bridgehead atoms. The Morgan fingerprint density at radius 2 is 1.57 bits per heavy atom. The molecular formula is C36H58O11. The van der Waals surface area contributed by atoms with Gasteiger partial charge in [0.15, 0.2) is 6.29 Å². The average Bonchev–Trinajstić information content (AvgIpc) is 2.98. The molecular weight excluding hydrogens is 608 g/mol. The van der Waals surface area contributed by atoms with Crippen molar-refractivity contribution in [3.8, 4) is 0 Å². The maximum Gasteiger partial charge on any atom is 0.312 e. The number of carbonyl (C=O) groups is 1. The van der Waals surface area contributed by atoms with E-state index in [1.54, 1.807) is 0 Å². The maximum absolute atomic E-state index is 13.0. The van der Waals surface area contributed by atoms with Crippen LogP contribution < -0.4 is 0 Å². The van der Waals surface area contributed by atoms with E-state index in [0.717, 1.165) is 12.8 Å². The van der Waals surface area contributed by atoms with Gasteiger partial charge in [-0.15, -0.1) is 0 Å². The number of carboxylic acid groups (broad SMARTS) is 1. The molecule has 0 aromatic carbocycles. The zero-order valence-electron chi connectivity index (χ0n) is 28.8. The lowest BCUT2D eigenvalue weighted by Gasteiger charge is -2.72. The van der Waals surface area contributed by atoms with Crippen LogP contribution in [0.4, 0.5) is 0 Å². The molecule has 268 valence electrons. The Kier molecular flexibility index (Phi) is 8.68. The second-order valence-electron chi connectivity index (χ2n) is 18.0. The van der Waals surface area contributed by atoms with E-state index in [4.69, 9.17) is 9.47 Å². The molecule has 0 aromatic rings. The van der Waals surface area contributed by atoms with Crippen molar-refractivity contribution in [2.24, 2.45) is 50.2 Å². The number of fused-ring (bicyclic) bond motifs is 7. The van der Waals surface area contributed by atoms with Gasteiger partial charge in [0, 0.05) is 5.41 Å². The zero-order valence-corrected chi connectivity index (χ0v) is 28.8.